The highest BCUT2D eigenvalue weighted by Crippen LogP contribution is 2.21. The monoisotopic (exact) mass is 324 g/mol. The quantitative estimate of drug-likeness (QED) is 0.845. The van der Waals surface area contributed by atoms with Crippen LogP contribution in [-0.4, -0.2) is 11.5 Å². The van der Waals surface area contributed by atoms with Crippen molar-refractivity contribution in [1.82, 2.24) is 10.3 Å². The molecule has 2 rings (SSSR count). The molecule has 2 nitrogen and oxygen atoms in total. The number of nitrogens with one attached hydrogen (secondary N) is 1. The summed E-state index contributed by atoms with van der Waals surface area (Å²) in [7, 11) is 0. The summed E-state index contributed by atoms with van der Waals surface area (Å²) in [5.74, 6) is 0. The Morgan fingerprint density at radius 1 is 1.22 bits per heavy atom. The van der Waals surface area contributed by atoms with Gasteiger partial charge in [-0.25, -0.2) is 0 Å². The molecule has 0 spiro atoms. The molecule has 1 N–H and O–H groups in total. The van der Waals surface area contributed by atoms with Crippen LogP contribution < -0.4 is 5.32 Å². The minimum Gasteiger partial charge on any atom is -0.312 e. The molecule has 0 atom stereocenters. The van der Waals surface area contributed by atoms with Crippen LogP contribution in [0.15, 0.2) is 47.1 Å². The normalized spacial score (nSPS) is 10.6. The lowest BCUT2D eigenvalue weighted by molar-refractivity contribution is 0.678. The van der Waals surface area contributed by atoms with E-state index < -0.39 is 0 Å². The molecule has 1 heterocycles. The topological polar surface area (TPSA) is 24.9 Å². The van der Waals surface area contributed by atoms with Crippen molar-refractivity contribution in [2.45, 2.75) is 13.0 Å². The Morgan fingerprint density at radius 2 is 2.11 bits per heavy atom. The van der Waals surface area contributed by atoms with Crippen molar-refractivity contribution in [1.29, 1.82) is 0 Å². The highest BCUT2D eigenvalue weighted by Gasteiger charge is 2.00. The maximum Gasteiger partial charge on any atom is 0.0417 e. The van der Waals surface area contributed by atoms with Gasteiger partial charge in [0.15, 0.2) is 0 Å². The molecular weight excluding hydrogens is 312 g/mol. The van der Waals surface area contributed by atoms with Gasteiger partial charge < -0.3 is 5.32 Å². The van der Waals surface area contributed by atoms with E-state index in [1.54, 1.807) is 0 Å². The van der Waals surface area contributed by atoms with Crippen LogP contribution in [0.3, 0.4) is 0 Å². The molecule has 18 heavy (non-hydrogen) atoms. The fourth-order valence-corrected chi connectivity index (χ4v) is 2.47. The lowest BCUT2D eigenvalue weighted by Gasteiger charge is -2.07. The molecule has 0 aliphatic heterocycles. The average molecular weight is 326 g/mol. The third kappa shape index (κ3) is 4.09. The fraction of sp³-hybridized carbons (Fsp3) is 0.214. The van der Waals surface area contributed by atoms with Crippen LogP contribution in [0.4, 0.5) is 0 Å². The van der Waals surface area contributed by atoms with Crippen molar-refractivity contribution >= 4 is 27.5 Å². The maximum atomic E-state index is 5.90. The standard InChI is InChI=1S/C14H14BrClN2/c15-14-9-12(16)5-4-11(14)10-17-8-6-13-3-1-2-7-18-13/h1-5,7,9,17H,6,8,10H2. The van der Waals surface area contributed by atoms with Gasteiger partial charge in [0.05, 0.1) is 0 Å². The van der Waals surface area contributed by atoms with E-state index in [-0.39, 0.29) is 0 Å². The molecule has 4 heteroatoms. The first-order valence-electron chi connectivity index (χ1n) is 5.80. The number of halogens is 2. The number of pyridine rings is 1. The number of rotatable bonds is 5. The molecule has 0 aliphatic carbocycles. The van der Waals surface area contributed by atoms with Crippen LogP contribution in [0.25, 0.3) is 0 Å². The molecule has 1 aromatic carbocycles. The van der Waals surface area contributed by atoms with Gasteiger partial charge in [0.25, 0.3) is 0 Å². The molecule has 0 radical (unpaired) electrons. The Morgan fingerprint density at radius 3 is 2.83 bits per heavy atom. The Balaban J connectivity index is 1.79. The van der Waals surface area contributed by atoms with Crippen LogP contribution in [0, 0.1) is 0 Å². The van der Waals surface area contributed by atoms with Crippen molar-refractivity contribution in [2.75, 3.05) is 6.54 Å². The molecule has 0 saturated heterocycles. The summed E-state index contributed by atoms with van der Waals surface area (Å²) in [6.07, 6.45) is 2.76. The van der Waals surface area contributed by atoms with Gasteiger partial charge in [-0.3, -0.25) is 4.98 Å². The van der Waals surface area contributed by atoms with Gasteiger partial charge in [-0.15, -0.1) is 0 Å². The third-order valence-corrected chi connectivity index (χ3v) is 3.59. The summed E-state index contributed by atoms with van der Waals surface area (Å²) >= 11 is 9.41. The van der Waals surface area contributed by atoms with E-state index in [0.717, 1.165) is 34.7 Å². The van der Waals surface area contributed by atoms with Crippen molar-refractivity contribution < 1.29 is 0 Å². The van der Waals surface area contributed by atoms with Gasteiger partial charge in [-0.2, -0.15) is 0 Å². The second-order valence-corrected chi connectivity index (χ2v) is 5.27. The third-order valence-electron chi connectivity index (χ3n) is 2.61. The zero-order chi connectivity index (χ0) is 12.8. The van der Waals surface area contributed by atoms with Crippen molar-refractivity contribution in [3.8, 4) is 0 Å². The Bertz CT molecular complexity index is 502. The molecule has 0 bridgehead atoms. The fourth-order valence-electron chi connectivity index (χ4n) is 1.65. The molecule has 1 aromatic heterocycles. The van der Waals surface area contributed by atoms with E-state index >= 15 is 0 Å². The van der Waals surface area contributed by atoms with Gasteiger partial charge in [0.1, 0.15) is 0 Å². The summed E-state index contributed by atoms with van der Waals surface area (Å²) in [5, 5.41) is 4.15. The zero-order valence-corrected chi connectivity index (χ0v) is 12.2. The molecule has 2 aromatic rings. The van der Waals surface area contributed by atoms with E-state index in [1.807, 2.05) is 42.6 Å². The predicted molar refractivity (Wildman–Crippen MR) is 78.8 cm³/mol. The molecule has 0 saturated carbocycles. The maximum absolute atomic E-state index is 5.90. The second kappa shape index (κ2) is 6.88. The Labute approximate surface area is 121 Å². The van der Waals surface area contributed by atoms with Crippen molar-refractivity contribution in [3.63, 3.8) is 0 Å². The molecule has 0 unspecified atom stereocenters. The lowest BCUT2D eigenvalue weighted by Crippen LogP contribution is -2.17. The highest BCUT2D eigenvalue weighted by molar-refractivity contribution is 9.10. The van der Waals surface area contributed by atoms with Crippen LogP contribution in [0.5, 0.6) is 0 Å². The molecule has 0 amide bonds. The van der Waals surface area contributed by atoms with Gasteiger partial charge >= 0.3 is 0 Å². The molecule has 0 fully saturated rings. The first-order chi connectivity index (χ1) is 8.75. The second-order valence-electron chi connectivity index (χ2n) is 3.98. The number of nitrogens with zero attached hydrogens (tertiary/aromatic N) is 1. The summed E-state index contributed by atoms with van der Waals surface area (Å²) in [6, 6.07) is 11.8. The van der Waals surface area contributed by atoms with Crippen LogP contribution in [0.1, 0.15) is 11.3 Å². The van der Waals surface area contributed by atoms with Gasteiger partial charge in [-0.1, -0.05) is 39.7 Å². The molecule has 0 aliphatic rings. The minimum atomic E-state index is 0.749. The van der Waals surface area contributed by atoms with Gasteiger partial charge in [-0.05, 0) is 29.8 Å². The lowest BCUT2D eigenvalue weighted by atomic mass is 10.2. The first kappa shape index (κ1) is 13.5. The van der Waals surface area contributed by atoms with E-state index in [1.165, 1.54) is 5.56 Å². The van der Waals surface area contributed by atoms with Crippen LogP contribution >= 0.6 is 27.5 Å². The van der Waals surface area contributed by atoms with E-state index in [0.29, 0.717) is 0 Å². The van der Waals surface area contributed by atoms with Crippen LogP contribution in [-0.2, 0) is 13.0 Å². The first-order valence-corrected chi connectivity index (χ1v) is 6.97. The molecular formula is C14H14BrClN2. The average Bonchev–Trinajstić information content (AvgIpc) is 2.38. The predicted octanol–water partition coefficient (Wildman–Crippen LogP) is 3.83. The number of hydrogen-bond donors (Lipinski definition) is 1. The largest absolute Gasteiger partial charge is 0.312 e. The van der Waals surface area contributed by atoms with Gasteiger partial charge in [0, 0.05) is 40.9 Å². The zero-order valence-electron chi connectivity index (χ0n) is 9.87. The van der Waals surface area contributed by atoms with Crippen LogP contribution in [0.2, 0.25) is 5.02 Å². The summed E-state index contributed by atoms with van der Waals surface area (Å²) in [4.78, 5) is 4.29. The summed E-state index contributed by atoms with van der Waals surface area (Å²) < 4.78 is 1.04. The number of hydrogen-bond acceptors (Lipinski definition) is 2. The number of aromatic nitrogens is 1. The number of benzene rings is 1. The minimum absolute atomic E-state index is 0.749. The van der Waals surface area contributed by atoms with E-state index in [2.05, 4.69) is 26.2 Å². The Kier molecular flexibility index (Phi) is 5.17. The van der Waals surface area contributed by atoms with Gasteiger partial charge in [0.2, 0.25) is 0 Å². The summed E-state index contributed by atoms with van der Waals surface area (Å²) in [5.41, 5.74) is 2.32. The Hall–Kier alpha value is -0.900. The smallest absolute Gasteiger partial charge is 0.0417 e. The summed E-state index contributed by atoms with van der Waals surface area (Å²) in [6.45, 7) is 1.73. The molecule has 94 valence electrons. The highest BCUT2D eigenvalue weighted by atomic mass is 79.9. The van der Waals surface area contributed by atoms with E-state index in [4.69, 9.17) is 11.6 Å². The van der Waals surface area contributed by atoms with Crippen molar-refractivity contribution in [2.24, 2.45) is 0 Å². The van der Waals surface area contributed by atoms with Crippen molar-refractivity contribution in [3.05, 3.63) is 63.3 Å². The SMILES string of the molecule is Clc1ccc(CNCCc2ccccn2)c(Br)c1. The van der Waals surface area contributed by atoms with E-state index in [9.17, 15) is 0 Å².